The number of rotatable bonds is 8. The summed E-state index contributed by atoms with van der Waals surface area (Å²) < 4.78 is 36.8. The maximum Gasteiger partial charge on any atom is 0.255 e. The number of amides is 1. The average Bonchev–Trinajstić information content (AvgIpc) is 3.65. The van der Waals surface area contributed by atoms with Gasteiger partial charge in [-0.15, -0.1) is 0 Å². The highest BCUT2D eigenvalue weighted by Crippen LogP contribution is 2.35. The van der Waals surface area contributed by atoms with Gasteiger partial charge in [0, 0.05) is 50.0 Å². The van der Waals surface area contributed by atoms with E-state index in [9.17, 15) is 14.3 Å². The molecular formula is C29H33F2N5O3S. The van der Waals surface area contributed by atoms with Gasteiger partial charge in [0.2, 0.25) is 0 Å². The first-order valence-corrected chi connectivity index (χ1v) is 14.6. The summed E-state index contributed by atoms with van der Waals surface area (Å²) in [6.45, 7) is 3.39. The fourth-order valence-corrected chi connectivity index (χ4v) is 6.68. The van der Waals surface area contributed by atoms with Gasteiger partial charge >= 0.3 is 0 Å². The molecule has 212 valence electrons. The van der Waals surface area contributed by atoms with Gasteiger partial charge < -0.3 is 25.4 Å². The van der Waals surface area contributed by atoms with Crippen molar-refractivity contribution in [3.05, 3.63) is 53.5 Å². The number of hydrogen-bond donors (Lipinski definition) is 3. The van der Waals surface area contributed by atoms with Gasteiger partial charge in [0.15, 0.2) is 4.96 Å². The fourth-order valence-electron chi connectivity index (χ4n) is 5.65. The van der Waals surface area contributed by atoms with Crippen LogP contribution in [0.2, 0.25) is 0 Å². The minimum Gasteiger partial charge on any atom is -0.496 e. The van der Waals surface area contributed by atoms with E-state index in [1.807, 2.05) is 22.6 Å². The van der Waals surface area contributed by atoms with Crippen molar-refractivity contribution in [2.24, 2.45) is 0 Å². The van der Waals surface area contributed by atoms with E-state index in [1.165, 1.54) is 24.5 Å². The van der Waals surface area contributed by atoms with E-state index >= 15 is 4.39 Å². The zero-order valence-electron chi connectivity index (χ0n) is 22.3. The quantitative estimate of drug-likeness (QED) is 0.274. The number of nitrogens with zero attached hydrogens (tertiary/aromatic N) is 3. The summed E-state index contributed by atoms with van der Waals surface area (Å²) in [6.07, 6.45) is 3.22. The lowest BCUT2D eigenvalue weighted by atomic mass is 10.0. The molecule has 2 saturated heterocycles. The van der Waals surface area contributed by atoms with E-state index in [2.05, 4.69) is 20.5 Å². The van der Waals surface area contributed by atoms with E-state index in [0.717, 1.165) is 41.8 Å². The van der Waals surface area contributed by atoms with Gasteiger partial charge in [-0.1, -0.05) is 17.4 Å². The van der Waals surface area contributed by atoms with Crippen LogP contribution >= 0.6 is 11.3 Å². The Morgan fingerprint density at radius 2 is 2.10 bits per heavy atom. The number of alkyl halides is 1. The van der Waals surface area contributed by atoms with Crippen LogP contribution in [-0.2, 0) is 0 Å². The van der Waals surface area contributed by atoms with Crippen LogP contribution in [0, 0.1) is 5.82 Å². The minimum atomic E-state index is -0.687. The van der Waals surface area contributed by atoms with Crippen LogP contribution < -0.4 is 15.4 Å². The lowest BCUT2D eigenvalue weighted by Gasteiger charge is -2.28. The average molecular weight is 570 g/mol. The van der Waals surface area contributed by atoms with Crippen LogP contribution in [0.5, 0.6) is 5.75 Å². The Hall–Kier alpha value is -3.12. The van der Waals surface area contributed by atoms with E-state index in [0.29, 0.717) is 59.9 Å². The van der Waals surface area contributed by atoms with Gasteiger partial charge in [-0.2, -0.15) is 0 Å². The molecule has 2 atom stereocenters. The standard InChI is InChI=1S/C29H33F2N5O3S/c1-39-26-14-25-27(13-21(26)28(38)32-7-2-8-35-9-5-18(30)6-10-35)40-29-34-24(16-36(25)29)20-4-3-17(11-22(20)31)23-12-19(37)15-33-23/h3-4,11,13-14,16,18-19,23,33,37H,2,5-10,12,15H2,1H3,(H,32,38)/t19-,23+/m1/s1. The summed E-state index contributed by atoms with van der Waals surface area (Å²) in [5.41, 5.74) is 3.01. The second kappa shape index (κ2) is 11.4. The molecule has 40 heavy (non-hydrogen) atoms. The maximum atomic E-state index is 15.1. The first kappa shape index (κ1) is 27.1. The van der Waals surface area contributed by atoms with E-state index in [1.54, 1.807) is 12.3 Å². The predicted molar refractivity (Wildman–Crippen MR) is 151 cm³/mol. The third-order valence-corrected chi connectivity index (χ3v) is 8.91. The zero-order chi connectivity index (χ0) is 27.8. The van der Waals surface area contributed by atoms with Gasteiger partial charge in [-0.3, -0.25) is 9.20 Å². The van der Waals surface area contributed by atoms with E-state index in [-0.39, 0.29) is 17.8 Å². The van der Waals surface area contributed by atoms with Gasteiger partial charge in [0.25, 0.3) is 5.91 Å². The monoisotopic (exact) mass is 569 g/mol. The second-order valence-corrected chi connectivity index (χ2v) is 11.6. The molecule has 4 aromatic rings. The number of aromatic nitrogens is 2. The van der Waals surface area contributed by atoms with Crippen LogP contribution in [-0.4, -0.2) is 77.4 Å². The normalized spacial score (nSPS) is 20.5. The Balaban J connectivity index is 1.17. The third-order valence-electron chi connectivity index (χ3n) is 7.89. The number of piperidine rings is 1. The molecule has 1 amide bonds. The summed E-state index contributed by atoms with van der Waals surface area (Å²) >= 11 is 1.42. The van der Waals surface area contributed by atoms with Crippen LogP contribution in [0.15, 0.2) is 36.5 Å². The molecule has 2 aromatic heterocycles. The summed E-state index contributed by atoms with van der Waals surface area (Å²) in [6, 6.07) is 8.68. The first-order chi connectivity index (χ1) is 19.4. The van der Waals surface area contributed by atoms with Crippen molar-refractivity contribution in [1.82, 2.24) is 24.9 Å². The van der Waals surface area contributed by atoms with Crippen molar-refractivity contribution in [1.29, 1.82) is 0 Å². The molecule has 6 rings (SSSR count). The largest absolute Gasteiger partial charge is 0.496 e. The third kappa shape index (κ3) is 5.43. The molecule has 2 aliphatic heterocycles. The molecule has 11 heteroatoms. The number of carbonyl (C=O) groups excluding carboxylic acids is 1. The molecule has 4 heterocycles. The number of fused-ring (bicyclic) bond motifs is 3. The number of carbonyl (C=O) groups is 1. The molecule has 2 aromatic carbocycles. The molecule has 2 aliphatic rings. The number of thiazole rings is 1. The first-order valence-electron chi connectivity index (χ1n) is 13.7. The predicted octanol–water partition coefficient (Wildman–Crippen LogP) is 4.31. The van der Waals surface area contributed by atoms with Crippen molar-refractivity contribution >= 4 is 32.4 Å². The van der Waals surface area contributed by atoms with Gasteiger partial charge in [0.05, 0.1) is 34.7 Å². The number of aliphatic hydroxyl groups is 1. The molecule has 0 unspecified atom stereocenters. The number of methoxy groups -OCH3 is 1. The van der Waals surface area contributed by atoms with Crippen LogP contribution in [0.3, 0.4) is 0 Å². The Morgan fingerprint density at radius 1 is 1.27 bits per heavy atom. The highest BCUT2D eigenvalue weighted by Gasteiger charge is 2.25. The minimum absolute atomic E-state index is 0.0629. The number of β-amino-alcohol motifs (C(OH)–C–C–N with tert-alkyl or cyclic N) is 1. The molecule has 0 radical (unpaired) electrons. The van der Waals surface area contributed by atoms with Crippen molar-refractivity contribution in [3.63, 3.8) is 0 Å². The van der Waals surface area contributed by atoms with Crippen molar-refractivity contribution < 1.29 is 23.4 Å². The summed E-state index contributed by atoms with van der Waals surface area (Å²) in [5, 5.41) is 16.0. The highest BCUT2D eigenvalue weighted by atomic mass is 32.1. The topological polar surface area (TPSA) is 91.1 Å². The number of hydrogen-bond acceptors (Lipinski definition) is 7. The maximum absolute atomic E-state index is 15.1. The van der Waals surface area contributed by atoms with Gasteiger partial charge in [-0.05, 0) is 56.0 Å². The molecule has 3 N–H and O–H groups in total. The highest BCUT2D eigenvalue weighted by molar-refractivity contribution is 7.23. The molecule has 0 spiro atoms. The summed E-state index contributed by atoms with van der Waals surface area (Å²) in [4.78, 5) is 20.6. The number of likely N-dealkylation sites (tertiary alicyclic amines) is 1. The second-order valence-electron chi connectivity index (χ2n) is 10.6. The smallest absolute Gasteiger partial charge is 0.255 e. The Kier molecular flexibility index (Phi) is 7.71. The molecular weight excluding hydrogens is 536 g/mol. The Morgan fingerprint density at radius 3 is 2.83 bits per heavy atom. The van der Waals surface area contributed by atoms with Crippen molar-refractivity contribution in [2.75, 3.05) is 39.8 Å². The van der Waals surface area contributed by atoms with Gasteiger partial charge in [0.1, 0.15) is 17.7 Å². The Bertz CT molecular complexity index is 1530. The number of halogens is 2. The SMILES string of the molecule is COc1cc2c(cc1C(=O)NCCCN1CCC(F)CC1)sc1nc(-c3ccc([C@@H]4C[C@@H](O)CN4)cc3F)cn12. The number of aliphatic hydroxyl groups excluding tert-OH is 1. The molecule has 0 saturated carbocycles. The molecule has 0 bridgehead atoms. The number of imidazole rings is 1. The fraction of sp³-hybridized carbons (Fsp3) is 0.448. The van der Waals surface area contributed by atoms with Crippen molar-refractivity contribution in [2.45, 2.75) is 44.0 Å². The summed E-state index contributed by atoms with van der Waals surface area (Å²) in [5.74, 6) is -0.120. The van der Waals surface area contributed by atoms with Crippen LogP contribution in [0.1, 0.15) is 47.6 Å². The Labute approximate surface area is 235 Å². The van der Waals surface area contributed by atoms with E-state index in [4.69, 9.17) is 4.74 Å². The van der Waals surface area contributed by atoms with Gasteiger partial charge in [-0.25, -0.2) is 13.8 Å². The number of ether oxygens (including phenoxy) is 1. The zero-order valence-corrected chi connectivity index (χ0v) is 23.1. The van der Waals surface area contributed by atoms with Crippen molar-refractivity contribution in [3.8, 4) is 17.0 Å². The number of nitrogens with one attached hydrogen (secondary N) is 2. The lowest BCUT2D eigenvalue weighted by Crippen LogP contribution is -2.36. The lowest BCUT2D eigenvalue weighted by molar-refractivity contribution is 0.0947. The molecule has 2 fully saturated rings. The molecule has 8 nitrogen and oxygen atoms in total. The van der Waals surface area contributed by atoms with E-state index < -0.39 is 12.3 Å². The summed E-state index contributed by atoms with van der Waals surface area (Å²) in [7, 11) is 1.53. The molecule has 0 aliphatic carbocycles. The number of benzene rings is 2. The van der Waals surface area contributed by atoms with Crippen LogP contribution in [0.25, 0.3) is 26.4 Å². The van der Waals surface area contributed by atoms with Crippen LogP contribution in [0.4, 0.5) is 8.78 Å².